The van der Waals surface area contributed by atoms with E-state index < -0.39 is 34.3 Å². The Balaban J connectivity index is 0.000000371. The summed E-state index contributed by atoms with van der Waals surface area (Å²) in [5.74, 6) is -0.913. The minimum Gasteiger partial charge on any atom is -0.479 e. The third kappa shape index (κ3) is 9.34. The Morgan fingerprint density at radius 3 is 1.70 bits per heavy atom. The van der Waals surface area contributed by atoms with Crippen molar-refractivity contribution in [2.24, 2.45) is 0 Å². The third-order valence-electron chi connectivity index (χ3n) is 6.94. The molecule has 2 amide bonds. The lowest BCUT2D eigenvalue weighted by Gasteiger charge is -2.38. The van der Waals surface area contributed by atoms with Crippen molar-refractivity contribution in [3.05, 3.63) is 0 Å². The fraction of sp³-hybridized carbons (Fsp3) is 0.893. The Kier molecular flexibility index (Phi) is 12.2. The standard InChI is InChI=1S/C14H25NO4.C14H27NO3/c1-5-6-8-14(11(16)17)9-7-10-15(14)12(18)19-13(2,3)4;1-5-6-8-14(11-16)9-7-10-15(14)12(17)18-13(2,3)4/h5-10H2,1-4H3,(H,16,17);16H,5-11H2,1-4H3. The van der Waals surface area contributed by atoms with Crippen LogP contribution in [-0.4, -0.2) is 80.1 Å². The molecule has 2 heterocycles. The summed E-state index contributed by atoms with van der Waals surface area (Å²) >= 11 is 0. The molecule has 0 bridgehead atoms. The first kappa shape index (κ1) is 33.0. The monoisotopic (exact) mass is 528 g/mol. The number of aliphatic carboxylic acids is 1. The highest BCUT2D eigenvalue weighted by atomic mass is 16.6. The van der Waals surface area contributed by atoms with Crippen LogP contribution in [0.5, 0.6) is 0 Å². The molecule has 2 aliphatic heterocycles. The van der Waals surface area contributed by atoms with Crippen LogP contribution >= 0.6 is 0 Å². The van der Waals surface area contributed by atoms with Crippen molar-refractivity contribution in [3.8, 4) is 0 Å². The van der Waals surface area contributed by atoms with E-state index in [-0.39, 0.29) is 12.7 Å². The first-order valence-electron chi connectivity index (χ1n) is 13.9. The average Bonchev–Trinajstić information content (AvgIpc) is 3.40. The second kappa shape index (κ2) is 13.7. The third-order valence-corrected chi connectivity index (χ3v) is 6.94. The number of ether oxygens (including phenoxy) is 2. The summed E-state index contributed by atoms with van der Waals surface area (Å²) in [6, 6.07) is 0. The van der Waals surface area contributed by atoms with Gasteiger partial charge in [0.2, 0.25) is 0 Å². The zero-order chi connectivity index (χ0) is 28.5. The van der Waals surface area contributed by atoms with E-state index in [2.05, 4.69) is 6.92 Å². The molecule has 0 saturated carbocycles. The summed E-state index contributed by atoms with van der Waals surface area (Å²) in [6.45, 7) is 16.3. The number of unbranched alkanes of at least 4 members (excludes halogenated alkanes) is 2. The Hall–Kier alpha value is -2.03. The lowest BCUT2D eigenvalue weighted by molar-refractivity contribution is -0.150. The zero-order valence-corrected chi connectivity index (χ0v) is 24.5. The summed E-state index contributed by atoms with van der Waals surface area (Å²) in [5, 5.41) is 19.3. The van der Waals surface area contributed by atoms with Crippen molar-refractivity contribution in [2.45, 2.75) is 142 Å². The molecule has 2 unspecified atom stereocenters. The van der Waals surface area contributed by atoms with Gasteiger partial charge in [0.15, 0.2) is 0 Å². The minimum atomic E-state index is -1.07. The van der Waals surface area contributed by atoms with Gasteiger partial charge in [-0.25, -0.2) is 14.4 Å². The molecule has 0 aromatic rings. The molecule has 2 atom stereocenters. The fourth-order valence-electron chi connectivity index (χ4n) is 5.07. The van der Waals surface area contributed by atoms with Gasteiger partial charge >= 0.3 is 18.2 Å². The van der Waals surface area contributed by atoms with Crippen LogP contribution in [0.2, 0.25) is 0 Å². The van der Waals surface area contributed by atoms with Crippen molar-refractivity contribution >= 4 is 18.2 Å². The molecule has 0 spiro atoms. The summed E-state index contributed by atoms with van der Waals surface area (Å²) in [7, 11) is 0. The molecule has 216 valence electrons. The molecule has 2 N–H and O–H groups in total. The van der Waals surface area contributed by atoms with Crippen LogP contribution in [0.3, 0.4) is 0 Å². The van der Waals surface area contributed by atoms with Gasteiger partial charge < -0.3 is 24.6 Å². The van der Waals surface area contributed by atoms with Crippen LogP contribution in [0.4, 0.5) is 9.59 Å². The Morgan fingerprint density at radius 1 is 0.784 bits per heavy atom. The second-order valence-corrected chi connectivity index (χ2v) is 12.4. The van der Waals surface area contributed by atoms with Crippen molar-refractivity contribution in [1.29, 1.82) is 0 Å². The summed E-state index contributed by atoms with van der Waals surface area (Å²) in [5.41, 5.74) is -2.54. The number of carboxylic acids is 1. The van der Waals surface area contributed by atoms with Gasteiger partial charge in [-0.2, -0.15) is 0 Å². The number of hydrogen-bond acceptors (Lipinski definition) is 6. The van der Waals surface area contributed by atoms with E-state index in [4.69, 9.17) is 9.47 Å². The number of aliphatic hydroxyl groups excluding tert-OH is 1. The summed E-state index contributed by atoms with van der Waals surface area (Å²) in [6.07, 6.45) is 7.43. The SMILES string of the molecule is CCCCC1(C(=O)O)CCCN1C(=O)OC(C)(C)C.CCCCC1(CO)CCCN1C(=O)OC(C)(C)C. The average molecular weight is 529 g/mol. The predicted molar refractivity (Wildman–Crippen MR) is 144 cm³/mol. The quantitative estimate of drug-likeness (QED) is 0.399. The smallest absolute Gasteiger partial charge is 0.411 e. The van der Waals surface area contributed by atoms with Gasteiger partial charge in [-0.15, -0.1) is 0 Å². The molecule has 2 rings (SSSR count). The number of hydrogen-bond donors (Lipinski definition) is 2. The Bertz CT molecular complexity index is 759. The topological polar surface area (TPSA) is 117 Å². The van der Waals surface area contributed by atoms with Crippen molar-refractivity contribution in [2.75, 3.05) is 19.7 Å². The second-order valence-electron chi connectivity index (χ2n) is 12.4. The predicted octanol–water partition coefficient (Wildman–Crippen LogP) is 5.97. The van der Waals surface area contributed by atoms with Crippen molar-refractivity contribution < 1.29 is 34.1 Å². The van der Waals surface area contributed by atoms with E-state index in [9.17, 15) is 24.6 Å². The van der Waals surface area contributed by atoms with Gasteiger partial charge in [0, 0.05) is 13.1 Å². The van der Waals surface area contributed by atoms with Crippen molar-refractivity contribution in [1.82, 2.24) is 9.80 Å². The van der Waals surface area contributed by atoms with Crippen molar-refractivity contribution in [3.63, 3.8) is 0 Å². The largest absolute Gasteiger partial charge is 0.479 e. The molecule has 2 fully saturated rings. The Labute approximate surface area is 223 Å². The first-order valence-corrected chi connectivity index (χ1v) is 13.9. The number of carboxylic acid groups (broad SMARTS) is 1. The van der Waals surface area contributed by atoms with E-state index in [0.29, 0.717) is 25.9 Å². The Morgan fingerprint density at radius 2 is 1.24 bits per heavy atom. The van der Waals surface area contributed by atoms with E-state index in [1.807, 2.05) is 27.7 Å². The van der Waals surface area contributed by atoms with E-state index in [1.54, 1.807) is 25.7 Å². The molecule has 0 aromatic carbocycles. The van der Waals surface area contributed by atoms with Crippen LogP contribution in [0.1, 0.15) is 120 Å². The first-order chi connectivity index (χ1) is 17.1. The summed E-state index contributed by atoms with van der Waals surface area (Å²) in [4.78, 5) is 39.2. The highest BCUT2D eigenvalue weighted by molar-refractivity contribution is 5.85. The molecule has 0 radical (unpaired) electrons. The lowest BCUT2D eigenvalue weighted by atomic mass is 9.90. The number of nitrogens with zero attached hydrogens (tertiary/aromatic N) is 2. The van der Waals surface area contributed by atoms with Gasteiger partial charge in [-0.05, 0) is 80.1 Å². The number of carbonyl (C=O) groups excluding carboxylic acids is 2. The maximum atomic E-state index is 12.2. The van der Waals surface area contributed by atoms with E-state index in [1.165, 1.54) is 4.90 Å². The van der Waals surface area contributed by atoms with Gasteiger partial charge in [0.1, 0.15) is 16.7 Å². The molecule has 2 saturated heterocycles. The maximum Gasteiger partial charge on any atom is 0.411 e. The number of likely N-dealkylation sites (tertiary alicyclic amines) is 2. The van der Waals surface area contributed by atoms with Crippen LogP contribution in [0, 0.1) is 0 Å². The van der Waals surface area contributed by atoms with Gasteiger partial charge in [0.25, 0.3) is 0 Å². The molecular weight excluding hydrogens is 476 g/mol. The highest BCUT2D eigenvalue weighted by Gasteiger charge is 2.50. The van der Waals surface area contributed by atoms with Gasteiger partial charge in [-0.1, -0.05) is 39.5 Å². The van der Waals surface area contributed by atoms with E-state index in [0.717, 1.165) is 51.4 Å². The number of carbonyl (C=O) groups is 3. The lowest BCUT2D eigenvalue weighted by Crippen LogP contribution is -2.54. The maximum absolute atomic E-state index is 12.2. The fourth-order valence-corrected chi connectivity index (χ4v) is 5.07. The van der Waals surface area contributed by atoms with Gasteiger partial charge in [0.05, 0.1) is 12.1 Å². The number of aliphatic hydroxyl groups is 1. The minimum absolute atomic E-state index is 0.0340. The molecule has 2 aliphatic rings. The zero-order valence-electron chi connectivity index (χ0n) is 24.5. The molecule has 0 aliphatic carbocycles. The van der Waals surface area contributed by atoms with Gasteiger partial charge in [-0.3, -0.25) is 4.90 Å². The normalized spacial score (nSPS) is 23.9. The molecule has 9 heteroatoms. The van der Waals surface area contributed by atoms with Crippen LogP contribution in [0.25, 0.3) is 0 Å². The molecule has 37 heavy (non-hydrogen) atoms. The number of rotatable bonds is 8. The summed E-state index contributed by atoms with van der Waals surface area (Å²) < 4.78 is 10.8. The molecule has 9 nitrogen and oxygen atoms in total. The van der Waals surface area contributed by atoms with E-state index >= 15 is 0 Å². The molecule has 0 aromatic heterocycles. The highest BCUT2D eigenvalue weighted by Crippen LogP contribution is 2.36. The van der Waals surface area contributed by atoms with Crippen LogP contribution < -0.4 is 0 Å². The van der Waals surface area contributed by atoms with Crippen LogP contribution in [-0.2, 0) is 14.3 Å². The van der Waals surface area contributed by atoms with Crippen LogP contribution in [0.15, 0.2) is 0 Å². The number of amides is 2. The molecular formula is C28H52N2O7.